The first-order valence-electron chi connectivity index (χ1n) is 5.47. The molecule has 0 atom stereocenters. The molecule has 17 heavy (non-hydrogen) atoms. The lowest BCUT2D eigenvalue weighted by molar-refractivity contribution is -0.142. The molecule has 0 amide bonds. The number of carbonyl (C=O) groups excluding carboxylic acids is 2. The molecular formula is C12H17NO3S. The molecular weight excluding hydrogens is 238 g/mol. The van der Waals surface area contributed by atoms with Gasteiger partial charge in [0.05, 0.1) is 24.6 Å². The molecule has 0 saturated heterocycles. The Morgan fingerprint density at radius 1 is 1.41 bits per heavy atom. The number of rotatable bonds is 6. The van der Waals surface area contributed by atoms with Gasteiger partial charge in [-0.05, 0) is 26.0 Å². The maximum atomic E-state index is 11.3. The Morgan fingerprint density at radius 3 is 2.71 bits per heavy atom. The fraction of sp³-hybridized carbons (Fsp3) is 0.500. The molecule has 0 bridgehead atoms. The zero-order valence-corrected chi connectivity index (χ0v) is 11.2. The second-order valence-corrected chi connectivity index (χ2v) is 4.93. The van der Waals surface area contributed by atoms with Crippen molar-refractivity contribution in [1.29, 1.82) is 0 Å². The predicted octanol–water partition coefficient (Wildman–Crippen LogP) is 1.88. The molecule has 0 N–H and O–H groups in total. The summed E-state index contributed by atoms with van der Waals surface area (Å²) in [6.45, 7) is 4.14. The molecule has 0 aliphatic carbocycles. The molecule has 1 rings (SSSR count). The Labute approximate surface area is 105 Å². The van der Waals surface area contributed by atoms with Gasteiger partial charge in [-0.3, -0.25) is 9.59 Å². The molecule has 1 aromatic rings. The van der Waals surface area contributed by atoms with E-state index in [2.05, 4.69) is 0 Å². The van der Waals surface area contributed by atoms with Gasteiger partial charge in [-0.15, -0.1) is 11.3 Å². The van der Waals surface area contributed by atoms with Gasteiger partial charge in [-0.1, -0.05) is 0 Å². The number of ether oxygens (including phenoxy) is 1. The van der Waals surface area contributed by atoms with E-state index in [1.165, 1.54) is 11.3 Å². The maximum absolute atomic E-state index is 11.3. The Morgan fingerprint density at radius 2 is 2.12 bits per heavy atom. The van der Waals surface area contributed by atoms with Crippen LogP contribution in [0.5, 0.6) is 0 Å². The molecule has 1 aromatic heterocycles. The topological polar surface area (TPSA) is 46.6 Å². The van der Waals surface area contributed by atoms with Crippen molar-refractivity contribution in [2.75, 3.05) is 25.1 Å². The zero-order valence-electron chi connectivity index (χ0n) is 10.4. The Bertz CT molecular complexity index is 400. The number of carbonyl (C=O) groups is 2. The van der Waals surface area contributed by atoms with Crippen LogP contribution >= 0.6 is 11.3 Å². The van der Waals surface area contributed by atoms with Crippen LogP contribution in [-0.2, 0) is 20.7 Å². The van der Waals surface area contributed by atoms with E-state index < -0.39 is 0 Å². The lowest BCUT2D eigenvalue weighted by Crippen LogP contribution is -2.22. The minimum atomic E-state index is -0.213. The van der Waals surface area contributed by atoms with Gasteiger partial charge in [0.1, 0.15) is 5.78 Å². The van der Waals surface area contributed by atoms with E-state index in [1.807, 2.05) is 24.1 Å². The number of thiophene rings is 1. The lowest BCUT2D eigenvalue weighted by Gasteiger charge is -2.14. The largest absolute Gasteiger partial charge is 0.466 e. The summed E-state index contributed by atoms with van der Waals surface area (Å²) in [5, 5.41) is 0.986. The summed E-state index contributed by atoms with van der Waals surface area (Å²) in [5.41, 5.74) is 0. The Kier molecular flexibility index (Phi) is 5.15. The molecule has 0 aliphatic heterocycles. The first-order chi connectivity index (χ1) is 8.02. The van der Waals surface area contributed by atoms with Crippen LogP contribution in [0.4, 0.5) is 5.00 Å². The van der Waals surface area contributed by atoms with Crippen LogP contribution in [0.2, 0.25) is 0 Å². The van der Waals surface area contributed by atoms with Crippen molar-refractivity contribution in [3.05, 3.63) is 17.0 Å². The van der Waals surface area contributed by atoms with Crippen LogP contribution < -0.4 is 4.90 Å². The molecule has 5 heteroatoms. The molecule has 0 radical (unpaired) electrons. The van der Waals surface area contributed by atoms with E-state index in [0.29, 0.717) is 19.6 Å². The van der Waals surface area contributed by atoms with Crippen LogP contribution in [0.15, 0.2) is 12.1 Å². The maximum Gasteiger partial charge on any atom is 0.311 e. The highest BCUT2D eigenvalue weighted by atomic mass is 32.1. The quantitative estimate of drug-likeness (QED) is 0.728. The van der Waals surface area contributed by atoms with E-state index in [0.717, 1.165) is 9.88 Å². The Balaban J connectivity index is 2.58. The van der Waals surface area contributed by atoms with Crippen molar-refractivity contribution < 1.29 is 14.3 Å². The summed E-state index contributed by atoms with van der Waals surface area (Å²) in [6, 6.07) is 3.82. The molecule has 0 saturated carbocycles. The van der Waals surface area contributed by atoms with Crippen molar-refractivity contribution in [2.24, 2.45) is 0 Å². The number of esters is 1. The Hall–Kier alpha value is -1.36. The zero-order chi connectivity index (χ0) is 12.8. The van der Waals surface area contributed by atoms with Gasteiger partial charge in [0.15, 0.2) is 0 Å². The highest BCUT2D eigenvalue weighted by Gasteiger charge is 2.10. The monoisotopic (exact) mass is 255 g/mol. The van der Waals surface area contributed by atoms with Gasteiger partial charge in [0.25, 0.3) is 0 Å². The summed E-state index contributed by atoms with van der Waals surface area (Å²) in [4.78, 5) is 25.1. The molecule has 1 heterocycles. The van der Waals surface area contributed by atoms with Crippen molar-refractivity contribution in [1.82, 2.24) is 0 Å². The predicted molar refractivity (Wildman–Crippen MR) is 68.6 cm³/mol. The summed E-state index contributed by atoms with van der Waals surface area (Å²) in [6.07, 6.45) is 0.298. The molecule has 94 valence electrons. The summed E-state index contributed by atoms with van der Waals surface area (Å²) in [5.74, 6) is -0.0945. The molecule has 0 fully saturated rings. The SMILES string of the molecule is CCOC(=O)Cc1ccc(N(C)CC(C)=O)s1. The molecule has 0 spiro atoms. The minimum absolute atomic E-state index is 0.118. The molecule has 0 unspecified atom stereocenters. The third-order valence-corrected chi connectivity index (χ3v) is 3.31. The number of hydrogen-bond acceptors (Lipinski definition) is 5. The third kappa shape index (κ3) is 4.56. The smallest absolute Gasteiger partial charge is 0.311 e. The molecule has 4 nitrogen and oxygen atoms in total. The van der Waals surface area contributed by atoms with Crippen molar-refractivity contribution in [2.45, 2.75) is 20.3 Å². The molecule has 0 aromatic carbocycles. The van der Waals surface area contributed by atoms with Crippen molar-refractivity contribution in [3.63, 3.8) is 0 Å². The summed E-state index contributed by atoms with van der Waals surface area (Å²) in [7, 11) is 1.86. The second-order valence-electron chi connectivity index (χ2n) is 3.78. The molecule has 0 aliphatic rings. The van der Waals surface area contributed by atoms with E-state index in [-0.39, 0.29) is 11.8 Å². The number of Topliss-reactive ketones (excluding diaryl/α,β-unsaturated/α-hetero) is 1. The number of ketones is 1. The minimum Gasteiger partial charge on any atom is -0.466 e. The van der Waals surface area contributed by atoms with Gasteiger partial charge >= 0.3 is 5.97 Å². The number of likely N-dealkylation sites (N-methyl/N-ethyl adjacent to an activating group) is 1. The van der Waals surface area contributed by atoms with E-state index in [9.17, 15) is 9.59 Å². The van der Waals surface area contributed by atoms with Gasteiger partial charge < -0.3 is 9.64 Å². The fourth-order valence-corrected chi connectivity index (χ4v) is 2.38. The van der Waals surface area contributed by atoms with Crippen molar-refractivity contribution >= 4 is 28.1 Å². The summed E-state index contributed by atoms with van der Waals surface area (Å²) < 4.78 is 4.88. The number of hydrogen-bond donors (Lipinski definition) is 0. The van der Waals surface area contributed by atoms with Crippen molar-refractivity contribution in [3.8, 4) is 0 Å². The van der Waals surface area contributed by atoms with Gasteiger partial charge in [-0.2, -0.15) is 0 Å². The normalized spacial score (nSPS) is 10.1. The first kappa shape index (κ1) is 13.7. The van der Waals surface area contributed by atoms with Crippen LogP contribution in [0.1, 0.15) is 18.7 Å². The van der Waals surface area contributed by atoms with Crippen LogP contribution in [0.3, 0.4) is 0 Å². The average Bonchev–Trinajstić information content (AvgIpc) is 2.65. The third-order valence-electron chi connectivity index (χ3n) is 2.11. The fourth-order valence-electron chi connectivity index (χ4n) is 1.43. The van der Waals surface area contributed by atoms with Gasteiger partial charge in [0, 0.05) is 11.9 Å². The van der Waals surface area contributed by atoms with Crippen LogP contribution in [0.25, 0.3) is 0 Å². The van der Waals surface area contributed by atoms with Gasteiger partial charge in [-0.25, -0.2) is 0 Å². The first-order valence-corrected chi connectivity index (χ1v) is 6.29. The second kappa shape index (κ2) is 6.39. The van der Waals surface area contributed by atoms with Crippen LogP contribution in [-0.4, -0.2) is 32.0 Å². The standard InChI is InChI=1S/C12H17NO3S/c1-4-16-12(15)7-10-5-6-11(17-10)13(3)8-9(2)14/h5-6H,4,7-8H2,1-3H3. The van der Waals surface area contributed by atoms with E-state index >= 15 is 0 Å². The van der Waals surface area contributed by atoms with Gasteiger partial charge in [0.2, 0.25) is 0 Å². The van der Waals surface area contributed by atoms with Crippen LogP contribution in [0, 0.1) is 0 Å². The number of nitrogens with zero attached hydrogens (tertiary/aromatic N) is 1. The highest BCUT2D eigenvalue weighted by molar-refractivity contribution is 7.16. The lowest BCUT2D eigenvalue weighted by atomic mass is 10.3. The van der Waals surface area contributed by atoms with E-state index in [4.69, 9.17) is 4.74 Å². The average molecular weight is 255 g/mol. The number of anilines is 1. The highest BCUT2D eigenvalue weighted by Crippen LogP contribution is 2.25. The van der Waals surface area contributed by atoms with E-state index in [1.54, 1.807) is 13.8 Å². The summed E-state index contributed by atoms with van der Waals surface area (Å²) >= 11 is 1.51.